The predicted octanol–water partition coefficient (Wildman–Crippen LogP) is 2.50. The van der Waals surface area contributed by atoms with E-state index >= 15 is 0 Å². The van der Waals surface area contributed by atoms with Crippen molar-refractivity contribution in [2.75, 3.05) is 18.4 Å². The number of carbonyl (C=O) groups excluding carboxylic acids is 1. The second-order valence-corrected chi connectivity index (χ2v) is 7.56. The first-order valence-corrected chi connectivity index (χ1v) is 8.99. The van der Waals surface area contributed by atoms with Crippen molar-refractivity contribution in [1.82, 2.24) is 20.1 Å². The highest BCUT2D eigenvalue weighted by atomic mass is 19.4. The molecular weight excluding hydrogens is 417 g/mol. The van der Waals surface area contributed by atoms with Gasteiger partial charge in [-0.2, -0.15) is 13.2 Å². The Hall–Kier alpha value is -2.99. The van der Waals surface area contributed by atoms with Gasteiger partial charge in [-0.25, -0.2) is 8.78 Å². The quantitative estimate of drug-likeness (QED) is 0.719. The van der Waals surface area contributed by atoms with Crippen LogP contribution in [0.2, 0.25) is 0 Å². The van der Waals surface area contributed by atoms with Crippen LogP contribution >= 0.6 is 0 Å². The van der Waals surface area contributed by atoms with E-state index in [1.54, 1.807) is 4.98 Å². The smallest absolute Gasteiger partial charge is 0.403 e. The number of carbonyl (C=O) groups is 1. The van der Waals surface area contributed by atoms with Crippen LogP contribution in [-0.4, -0.2) is 51.0 Å². The number of rotatable bonds is 4. The van der Waals surface area contributed by atoms with Crippen LogP contribution in [0.1, 0.15) is 25.5 Å². The number of nitrogens with one attached hydrogen (secondary N) is 2. The Bertz CT molecular complexity index is 1050. The van der Waals surface area contributed by atoms with Gasteiger partial charge in [-0.05, 0) is 25.5 Å². The van der Waals surface area contributed by atoms with Crippen molar-refractivity contribution in [3.8, 4) is 11.5 Å². The third-order valence-corrected chi connectivity index (χ3v) is 5.46. The third kappa shape index (κ3) is 3.41. The van der Waals surface area contributed by atoms with Crippen molar-refractivity contribution in [2.24, 2.45) is 5.41 Å². The molecule has 162 valence electrons. The highest BCUT2D eigenvalue weighted by molar-refractivity contribution is 5.84. The monoisotopic (exact) mass is 433 g/mol. The van der Waals surface area contributed by atoms with Crippen LogP contribution in [-0.2, 0) is 11.0 Å². The van der Waals surface area contributed by atoms with Gasteiger partial charge in [0.25, 0.3) is 17.4 Å². The Kier molecular flexibility index (Phi) is 4.40. The fourth-order valence-corrected chi connectivity index (χ4v) is 3.60. The Morgan fingerprint density at radius 3 is 2.60 bits per heavy atom. The molecule has 8 nitrogen and oxygen atoms in total. The number of pyridine rings is 1. The summed E-state index contributed by atoms with van der Waals surface area (Å²) < 4.78 is 70.1. The molecule has 30 heavy (non-hydrogen) atoms. The van der Waals surface area contributed by atoms with Crippen LogP contribution < -0.4 is 10.9 Å². The molecule has 1 amide bonds. The molecule has 4 rings (SSSR count). The molecule has 0 aromatic carbocycles. The maximum atomic E-state index is 13.5. The average Bonchev–Trinajstić information content (AvgIpc) is 3.04. The fraction of sp³-hybridized carbons (Fsp3) is 0.529. The summed E-state index contributed by atoms with van der Waals surface area (Å²) >= 11 is 0. The van der Waals surface area contributed by atoms with Crippen molar-refractivity contribution in [2.45, 2.75) is 37.9 Å². The summed E-state index contributed by atoms with van der Waals surface area (Å²) in [5.74, 6) is -3.51. The van der Waals surface area contributed by atoms with Crippen molar-refractivity contribution in [3.05, 3.63) is 28.2 Å². The Morgan fingerprint density at radius 2 is 2.03 bits per heavy atom. The number of aromatic amines is 1. The fourth-order valence-electron chi connectivity index (χ4n) is 3.60. The van der Waals surface area contributed by atoms with Crippen molar-refractivity contribution in [1.29, 1.82) is 0 Å². The average molecular weight is 433 g/mol. The maximum Gasteiger partial charge on any atom is 0.431 e. The largest absolute Gasteiger partial charge is 0.431 e. The normalized spacial score (nSPS) is 23.6. The number of amides is 1. The molecular formula is C17H16F5N5O3. The molecule has 2 fully saturated rings. The van der Waals surface area contributed by atoms with Crippen molar-refractivity contribution in [3.63, 3.8) is 0 Å². The molecule has 13 heteroatoms. The van der Waals surface area contributed by atoms with Gasteiger partial charge in [-0.3, -0.25) is 9.59 Å². The van der Waals surface area contributed by atoms with E-state index in [2.05, 4.69) is 15.5 Å². The number of H-pyrrole nitrogens is 1. The summed E-state index contributed by atoms with van der Waals surface area (Å²) in [5.41, 5.74) is -3.70. The van der Waals surface area contributed by atoms with E-state index < -0.39 is 40.7 Å². The van der Waals surface area contributed by atoms with Gasteiger partial charge in [-0.1, -0.05) is 5.10 Å². The molecule has 1 aliphatic carbocycles. The minimum Gasteiger partial charge on any atom is -0.403 e. The number of hydrogen-bond acceptors (Lipinski definition) is 6. The van der Waals surface area contributed by atoms with E-state index in [1.807, 2.05) is 0 Å². The third-order valence-electron chi connectivity index (χ3n) is 5.46. The number of hydrogen-bond donors (Lipinski definition) is 2. The summed E-state index contributed by atoms with van der Waals surface area (Å²) in [6.07, 6.45) is -4.70. The Balaban J connectivity index is 1.42. The van der Waals surface area contributed by atoms with E-state index in [4.69, 9.17) is 4.42 Å². The molecule has 3 heterocycles. The van der Waals surface area contributed by atoms with Crippen molar-refractivity contribution < 1.29 is 31.2 Å². The zero-order valence-electron chi connectivity index (χ0n) is 15.5. The van der Waals surface area contributed by atoms with Gasteiger partial charge in [0.1, 0.15) is 17.3 Å². The second kappa shape index (κ2) is 6.51. The standard InChI is InChI=1S/C17H16F5N5O3/c1-8(13(29)27-5-4-15(7-27)6-16(15,18)19)23-14-26-25-12(30-14)9-2-3-10(17(20,21)22)24-11(9)28/h2-3,8H,4-7H2,1H3,(H,23,26)(H,24,28)/t8-,15+/m1/s1. The lowest BCUT2D eigenvalue weighted by Crippen LogP contribution is -2.40. The Morgan fingerprint density at radius 1 is 1.33 bits per heavy atom. The molecule has 0 unspecified atom stereocenters. The van der Waals surface area contributed by atoms with E-state index in [9.17, 15) is 31.5 Å². The molecule has 2 atom stereocenters. The molecule has 2 N–H and O–H groups in total. The molecule has 2 aromatic heterocycles. The van der Waals surface area contributed by atoms with Gasteiger partial charge in [-0.15, -0.1) is 5.10 Å². The number of aromatic nitrogens is 3. The molecule has 0 radical (unpaired) electrons. The summed E-state index contributed by atoms with van der Waals surface area (Å²) in [4.78, 5) is 27.4. The van der Waals surface area contributed by atoms with E-state index in [-0.39, 0.29) is 43.4 Å². The number of nitrogens with zero attached hydrogens (tertiary/aromatic N) is 3. The maximum absolute atomic E-state index is 13.5. The van der Waals surface area contributed by atoms with Crippen LogP contribution in [0.15, 0.2) is 21.3 Å². The molecule has 2 aliphatic rings. The van der Waals surface area contributed by atoms with Crippen LogP contribution in [0.4, 0.5) is 28.0 Å². The summed E-state index contributed by atoms with van der Waals surface area (Å²) in [6.45, 7) is 1.67. The lowest BCUT2D eigenvalue weighted by molar-refractivity contribution is -0.141. The lowest BCUT2D eigenvalue weighted by atomic mass is 10.1. The molecule has 2 aromatic rings. The topological polar surface area (TPSA) is 104 Å². The number of alkyl halides is 5. The van der Waals surface area contributed by atoms with E-state index in [1.165, 1.54) is 11.8 Å². The van der Waals surface area contributed by atoms with Gasteiger partial charge >= 0.3 is 12.2 Å². The van der Waals surface area contributed by atoms with Gasteiger partial charge in [0.05, 0.1) is 5.41 Å². The first kappa shape index (κ1) is 20.3. The van der Waals surface area contributed by atoms with Crippen LogP contribution in [0.3, 0.4) is 0 Å². The predicted molar refractivity (Wildman–Crippen MR) is 91.6 cm³/mol. The van der Waals surface area contributed by atoms with E-state index in [0.29, 0.717) is 6.07 Å². The SMILES string of the molecule is C[C@@H](Nc1nnc(-c2ccc(C(F)(F)F)[nH]c2=O)o1)C(=O)N1CC[C@@]2(C1)CC2(F)F. The van der Waals surface area contributed by atoms with Crippen LogP contribution in [0.5, 0.6) is 0 Å². The zero-order valence-corrected chi connectivity index (χ0v) is 15.5. The van der Waals surface area contributed by atoms with Gasteiger partial charge in [0.2, 0.25) is 5.91 Å². The second-order valence-electron chi connectivity index (χ2n) is 7.56. The van der Waals surface area contributed by atoms with Crippen molar-refractivity contribution >= 4 is 11.9 Å². The Labute approximate surface area is 165 Å². The number of halogens is 5. The minimum atomic E-state index is -4.71. The summed E-state index contributed by atoms with van der Waals surface area (Å²) in [7, 11) is 0. The number of likely N-dealkylation sites (tertiary alicyclic amines) is 1. The van der Waals surface area contributed by atoms with Gasteiger partial charge < -0.3 is 19.6 Å². The molecule has 1 spiro atoms. The lowest BCUT2D eigenvalue weighted by Gasteiger charge is -2.21. The first-order chi connectivity index (χ1) is 13.9. The van der Waals surface area contributed by atoms with Crippen LogP contribution in [0.25, 0.3) is 11.5 Å². The molecule has 0 bridgehead atoms. The van der Waals surface area contributed by atoms with Gasteiger partial charge in [0, 0.05) is 19.5 Å². The van der Waals surface area contributed by atoms with Crippen LogP contribution in [0, 0.1) is 5.41 Å². The molecule has 1 aliphatic heterocycles. The highest BCUT2D eigenvalue weighted by Crippen LogP contribution is 2.65. The zero-order chi connectivity index (χ0) is 21.9. The highest BCUT2D eigenvalue weighted by Gasteiger charge is 2.73. The molecule has 1 saturated carbocycles. The number of anilines is 1. The molecule has 1 saturated heterocycles. The van der Waals surface area contributed by atoms with E-state index in [0.717, 1.165) is 6.07 Å². The first-order valence-electron chi connectivity index (χ1n) is 8.99. The minimum absolute atomic E-state index is 0.0269. The summed E-state index contributed by atoms with van der Waals surface area (Å²) in [6, 6.07) is 0.437. The van der Waals surface area contributed by atoms with Gasteiger partial charge in [0.15, 0.2) is 0 Å². The summed E-state index contributed by atoms with van der Waals surface area (Å²) in [5, 5.41) is 9.84.